The Hall–Kier alpha value is -3.05. The summed E-state index contributed by atoms with van der Waals surface area (Å²) >= 11 is 1.42. The van der Waals surface area contributed by atoms with Gasteiger partial charge in [0.25, 0.3) is 5.91 Å². The molecule has 0 spiro atoms. The number of morpholine rings is 1. The van der Waals surface area contributed by atoms with Crippen LogP contribution in [0.2, 0.25) is 0 Å². The van der Waals surface area contributed by atoms with Crippen LogP contribution in [0.3, 0.4) is 0 Å². The van der Waals surface area contributed by atoms with E-state index in [-0.39, 0.29) is 25.1 Å². The van der Waals surface area contributed by atoms with E-state index in [1.165, 1.54) is 11.3 Å². The Kier molecular flexibility index (Phi) is 9.09. The van der Waals surface area contributed by atoms with Gasteiger partial charge in [0.2, 0.25) is 6.79 Å². The number of carbonyl (C=O) groups excluding carboxylic acids is 1. The second kappa shape index (κ2) is 12.5. The van der Waals surface area contributed by atoms with Crippen LogP contribution >= 0.6 is 23.7 Å². The number of halogens is 1. The number of hydrogen-bond acceptors (Lipinski definition) is 9. The highest BCUT2D eigenvalue weighted by atomic mass is 35.5. The Bertz CT molecular complexity index is 1220. The Balaban J connectivity index is 0.00000320. The van der Waals surface area contributed by atoms with Gasteiger partial charge in [0.05, 0.1) is 27.4 Å². The number of fused-ring (bicyclic) bond motifs is 2. The molecule has 2 aliphatic rings. The predicted molar refractivity (Wildman–Crippen MR) is 146 cm³/mol. The molecule has 0 atom stereocenters. The maximum atomic E-state index is 13.5. The average molecular weight is 548 g/mol. The van der Waals surface area contributed by atoms with Crippen LogP contribution in [-0.4, -0.2) is 76.2 Å². The Morgan fingerprint density at radius 1 is 1.11 bits per heavy atom. The summed E-state index contributed by atoms with van der Waals surface area (Å²) in [6, 6.07) is 9.29. The van der Waals surface area contributed by atoms with E-state index in [0.29, 0.717) is 40.2 Å². The molecule has 0 N–H and O–H groups in total. The summed E-state index contributed by atoms with van der Waals surface area (Å²) in [6.45, 7) is 4.95. The highest BCUT2D eigenvalue weighted by Gasteiger charge is 2.22. The van der Waals surface area contributed by atoms with E-state index in [4.69, 9.17) is 28.7 Å². The standard InChI is InChI=1S/C26H29N3O6S.ClH/c1-31-20-7-8-21(32-2)25-24(20)27-26(36-25)29(11-3-10-28-12-14-33-15-13-28)23(30)9-5-18-4-6-19-22(16-18)35-17-34-19;/h4-9,16H,3,10-15,17H2,1-2H3;1H/b9-5+;. The van der Waals surface area contributed by atoms with Gasteiger partial charge in [-0.2, -0.15) is 0 Å². The van der Waals surface area contributed by atoms with Crippen LogP contribution in [0.5, 0.6) is 23.0 Å². The number of thiazole rings is 1. The molecule has 1 amide bonds. The van der Waals surface area contributed by atoms with E-state index >= 15 is 0 Å². The Labute approximate surface area is 225 Å². The summed E-state index contributed by atoms with van der Waals surface area (Å²) in [4.78, 5) is 22.4. The summed E-state index contributed by atoms with van der Waals surface area (Å²) in [5, 5.41) is 0.607. The van der Waals surface area contributed by atoms with Gasteiger partial charge in [-0.3, -0.25) is 14.6 Å². The maximum absolute atomic E-state index is 13.5. The van der Waals surface area contributed by atoms with Crippen molar-refractivity contribution in [3.8, 4) is 23.0 Å². The Morgan fingerprint density at radius 3 is 2.65 bits per heavy atom. The highest BCUT2D eigenvalue weighted by molar-refractivity contribution is 7.22. The summed E-state index contributed by atoms with van der Waals surface area (Å²) in [5.74, 6) is 2.58. The molecule has 11 heteroatoms. The molecule has 198 valence electrons. The first-order chi connectivity index (χ1) is 17.7. The number of amides is 1. The molecule has 37 heavy (non-hydrogen) atoms. The predicted octanol–water partition coefficient (Wildman–Crippen LogP) is 4.23. The van der Waals surface area contributed by atoms with Crippen LogP contribution in [0, 0.1) is 0 Å². The molecule has 5 rings (SSSR count). The van der Waals surface area contributed by atoms with Crippen LogP contribution in [0.25, 0.3) is 16.3 Å². The highest BCUT2D eigenvalue weighted by Crippen LogP contribution is 2.40. The zero-order valence-corrected chi connectivity index (χ0v) is 22.4. The lowest BCUT2D eigenvalue weighted by Gasteiger charge is -2.27. The molecule has 0 unspecified atom stereocenters. The fraction of sp³-hybridized carbons (Fsp3) is 0.385. The van der Waals surface area contributed by atoms with Crippen molar-refractivity contribution in [3.63, 3.8) is 0 Å². The number of nitrogens with zero attached hydrogens (tertiary/aromatic N) is 3. The molecule has 9 nitrogen and oxygen atoms in total. The summed E-state index contributed by atoms with van der Waals surface area (Å²) in [6.07, 6.45) is 4.17. The zero-order valence-electron chi connectivity index (χ0n) is 20.8. The van der Waals surface area contributed by atoms with Crippen molar-refractivity contribution in [2.24, 2.45) is 0 Å². The normalized spacial score (nSPS) is 15.1. The number of rotatable bonds is 9. The molecule has 2 aliphatic heterocycles. The third-order valence-electron chi connectivity index (χ3n) is 6.17. The minimum absolute atomic E-state index is 0. The number of carbonyl (C=O) groups is 1. The van der Waals surface area contributed by atoms with Crippen LogP contribution in [0.15, 0.2) is 36.4 Å². The van der Waals surface area contributed by atoms with Crippen molar-refractivity contribution in [1.82, 2.24) is 9.88 Å². The smallest absolute Gasteiger partial charge is 0.252 e. The fourth-order valence-electron chi connectivity index (χ4n) is 4.24. The second-order valence-electron chi connectivity index (χ2n) is 8.39. The van der Waals surface area contributed by atoms with Gasteiger partial charge < -0.3 is 23.7 Å². The van der Waals surface area contributed by atoms with Gasteiger partial charge in [-0.15, -0.1) is 12.4 Å². The minimum Gasteiger partial charge on any atom is -0.495 e. The molecule has 1 fully saturated rings. The lowest BCUT2D eigenvalue weighted by Crippen LogP contribution is -2.39. The molecular formula is C26H30ClN3O6S. The van der Waals surface area contributed by atoms with E-state index in [9.17, 15) is 4.79 Å². The molecular weight excluding hydrogens is 518 g/mol. The maximum Gasteiger partial charge on any atom is 0.252 e. The first-order valence-electron chi connectivity index (χ1n) is 11.9. The molecule has 2 aromatic carbocycles. The van der Waals surface area contributed by atoms with Crippen LogP contribution in [0.4, 0.5) is 5.13 Å². The van der Waals surface area contributed by atoms with Gasteiger partial charge >= 0.3 is 0 Å². The number of methoxy groups -OCH3 is 2. The monoisotopic (exact) mass is 547 g/mol. The van der Waals surface area contributed by atoms with Crippen LogP contribution in [-0.2, 0) is 9.53 Å². The van der Waals surface area contributed by atoms with Gasteiger partial charge in [-0.1, -0.05) is 17.4 Å². The molecule has 1 aromatic heterocycles. The number of hydrogen-bond donors (Lipinski definition) is 0. The summed E-state index contributed by atoms with van der Waals surface area (Å²) < 4.78 is 28.2. The number of anilines is 1. The largest absolute Gasteiger partial charge is 0.495 e. The molecule has 3 aromatic rings. The van der Waals surface area contributed by atoms with Crippen molar-refractivity contribution in [3.05, 3.63) is 42.0 Å². The van der Waals surface area contributed by atoms with E-state index in [1.54, 1.807) is 31.3 Å². The molecule has 1 saturated heterocycles. The minimum atomic E-state index is -0.147. The second-order valence-corrected chi connectivity index (χ2v) is 9.37. The SMILES string of the molecule is COc1ccc(OC)c2sc(N(CCCN3CCOCC3)C(=O)/C=C/c3ccc4c(c3)OCO4)nc12.Cl. The third kappa shape index (κ3) is 6.10. The van der Waals surface area contributed by atoms with Crippen molar-refractivity contribution in [2.75, 3.05) is 65.3 Å². The molecule has 3 heterocycles. The number of benzene rings is 2. The van der Waals surface area contributed by atoms with Gasteiger partial charge in [0.15, 0.2) is 16.6 Å². The van der Waals surface area contributed by atoms with Gasteiger partial charge in [0, 0.05) is 32.3 Å². The van der Waals surface area contributed by atoms with E-state index in [2.05, 4.69) is 4.90 Å². The lowest BCUT2D eigenvalue weighted by molar-refractivity contribution is -0.114. The summed E-state index contributed by atoms with van der Waals surface area (Å²) in [7, 11) is 3.24. The number of ether oxygens (including phenoxy) is 5. The van der Waals surface area contributed by atoms with Crippen LogP contribution in [0.1, 0.15) is 12.0 Å². The molecule has 0 bridgehead atoms. The van der Waals surface area contributed by atoms with Gasteiger partial charge in [-0.25, -0.2) is 4.98 Å². The van der Waals surface area contributed by atoms with E-state index in [1.807, 2.05) is 30.3 Å². The molecule has 0 radical (unpaired) electrons. The van der Waals surface area contributed by atoms with Crippen molar-refractivity contribution < 1.29 is 28.5 Å². The van der Waals surface area contributed by atoms with Crippen molar-refractivity contribution in [1.29, 1.82) is 0 Å². The van der Waals surface area contributed by atoms with Gasteiger partial charge in [-0.05, 0) is 42.3 Å². The van der Waals surface area contributed by atoms with Crippen LogP contribution < -0.4 is 23.8 Å². The summed E-state index contributed by atoms with van der Waals surface area (Å²) in [5.41, 5.74) is 1.54. The first-order valence-corrected chi connectivity index (χ1v) is 12.7. The molecule has 0 aliphatic carbocycles. The van der Waals surface area contributed by atoms with Crippen molar-refractivity contribution >= 4 is 51.1 Å². The van der Waals surface area contributed by atoms with Crippen molar-refractivity contribution in [2.45, 2.75) is 6.42 Å². The zero-order chi connectivity index (χ0) is 24.9. The Morgan fingerprint density at radius 2 is 1.86 bits per heavy atom. The molecule has 0 saturated carbocycles. The third-order valence-corrected chi connectivity index (χ3v) is 7.26. The van der Waals surface area contributed by atoms with E-state index < -0.39 is 0 Å². The number of aromatic nitrogens is 1. The first kappa shape index (κ1) is 27.0. The quantitative estimate of drug-likeness (QED) is 0.368. The lowest BCUT2D eigenvalue weighted by atomic mass is 10.2. The topological polar surface area (TPSA) is 82.6 Å². The average Bonchev–Trinajstić information content (AvgIpc) is 3.57. The van der Waals surface area contributed by atoms with Gasteiger partial charge in [0.1, 0.15) is 21.7 Å². The fourth-order valence-corrected chi connectivity index (χ4v) is 5.35. The van der Waals surface area contributed by atoms with E-state index in [0.717, 1.165) is 49.5 Å².